The minimum Gasteiger partial charge on any atom is -0.273 e. The van der Waals surface area contributed by atoms with E-state index >= 15 is 0 Å². The van der Waals surface area contributed by atoms with Gasteiger partial charge in [-0.15, -0.1) is 0 Å². The maximum absolute atomic E-state index is 12.5. The molecule has 2 aromatic carbocycles. The van der Waals surface area contributed by atoms with Crippen LogP contribution in [0.25, 0.3) is 5.69 Å². The zero-order chi connectivity index (χ0) is 18.0. The second kappa shape index (κ2) is 7.15. The predicted octanol–water partition coefficient (Wildman–Crippen LogP) is 3.86. The van der Waals surface area contributed by atoms with Crippen LogP contribution in [-0.2, 0) is 6.42 Å². The van der Waals surface area contributed by atoms with Crippen LogP contribution in [0.2, 0.25) is 0 Å². The number of hydrogen-bond acceptors (Lipinski definition) is 3. The number of hydrogen-bond donors (Lipinski definition) is 1. The number of nitrogens with one attached hydrogen (secondary N) is 1. The minimum atomic E-state index is -0.416. The Morgan fingerprint density at radius 3 is 2.24 bits per heavy atom. The molecule has 5 heteroatoms. The van der Waals surface area contributed by atoms with E-state index in [2.05, 4.69) is 23.2 Å². The van der Waals surface area contributed by atoms with E-state index in [1.807, 2.05) is 51.1 Å². The van der Waals surface area contributed by atoms with Crippen molar-refractivity contribution >= 4 is 11.8 Å². The van der Waals surface area contributed by atoms with Crippen molar-refractivity contribution in [2.45, 2.75) is 37.1 Å². The van der Waals surface area contributed by atoms with Gasteiger partial charge in [0, 0.05) is 10.5 Å². The fourth-order valence-electron chi connectivity index (χ4n) is 2.89. The molecular formula is C20H20N2O2S. The SMILES string of the molecule is CCc1c(Sc2cc(C)cc(C)c2)n(-c2ccccc2)c(=O)[nH]c1=O. The van der Waals surface area contributed by atoms with E-state index in [0.717, 1.165) is 21.7 Å². The fourth-order valence-corrected chi connectivity index (χ4v) is 4.24. The predicted molar refractivity (Wildman–Crippen MR) is 102 cm³/mol. The summed E-state index contributed by atoms with van der Waals surface area (Å²) in [4.78, 5) is 28.3. The fraction of sp³-hybridized carbons (Fsp3) is 0.200. The number of para-hydroxylation sites is 1. The molecule has 1 N–H and O–H groups in total. The van der Waals surface area contributed by atoms with Crippen molar-refractivity contribution in [2.24, 2.45) is 0 Å². The lowest BCUT2D eigenvalue weighted by atomic mass is 10.2. The van der Waals surface area contributed by atoms with E-state index in [1.165, 1.54) is 11.8 Å². The van der Waals surface area contributed by atoms with E-state index in [1.54, 1.807) is 4.57 Å². The zero-order valence-corrected chi connectivity index (χ0v) is 15.3. The minimum absolute atomic E-state index is 0.313. The number of aromatic amines is 1. The Hall–Kier alpha value is -2.53. The van der Waals surface area contributed by atoms with Crippen LogP contribution in [0.4, 0.5) is 0 Å². The Balaban J connectivity index is 2.26. The molecule has 0 aliphatic heterocycles. The number of nitrogens with zero attached hydrogens (tertiary/aromatic N) is 1. The van der Waals surface area contributed by atoms with Gasteiger partial charge in [-0.25, -0.2) is 4.79 Å². The van der Waals surface area contributed by atoms with Crippen LogP contribution in [0.15, 0.2) is 68.0 Å². The second-order valence-electron chi connectivity index (χ2n) is 5.99. The molecule has 0 amide bonds. The lowest BCUT2D eigenvalue weighted by molar-refractivity contribution is 0.767. The molecule has 1 heterocycles. The van der Waals surface area contributed by atoms with Crippen molar-refractivity contribution in [1.29, 1.82) is 0 Å². The molecule has 0 aliphatic rings. The lowest BCUT2D eigenvalue weighted by Gasteiger charge is -2.15. The maximum atomic E-state index is 12.5. The number of aromatic nitrogens is 2. The van der Waals surface area contributed by atoms with Gasteiger partial charge in [-0.2, -0.15) is 0 Å². The number of H-pyrrole nitrogens is 1. The molecule has 0 atom stereocenters. The first-order chi connectivity index (χ1) is 12.0. The zero-order valence-electron chi connectivity index (χ0n) is 14.5. The smallest absolute Gasteiger partial charge is 0.273 e. The van der Waals surface area contributed by atoms with Gasteiger partial charge in [0.2, 0.25) is 0 Å². The summed E-state index contributed by atoms with van der Waals surface area (Å²) in [7, 11) is 0. The number of aryl methyl sites for hydroxylation is 2. The third-order valence-corrected chi connectivity index (χ3v) is 5.03. The first-order valence-electron chi connectivity index (χ1n) is 8.19. The normalized spacial score (nSPS) is 10.8. The van der Waals surface area contributed by atoms with Crippen LogP contribution in [0.3, 0.4) is 0 Å². The summed E-state index contributed by atoms with van der Waals surface area (Å²) in [5.74, 6) is 0. The van der Waals surface area contributed by atoms with Crippen molar-refractivity contribution in [1.82, 2.24) is 9.55 Å². The summed E-state index contributed by atoms with van der Waals surface area (Å²) < 4.78 is 1.59. The monoisotopic (exact) mass is 352 g/mol. The Morgan fingerprint density at radius 1 is 1.00 bits per heavy atom. The first kappa shape index (κ1) is 17.3. The highest BCUT2D eigenvalue weighted by molar-refractivity contribution is 7.99. The molecule has 0 radical (unpaired) electrons. The molecule has 0 fully saturated rings. The molecule has 25 heavy (non-hydrogen) atoms. The van der Waals surface area contributed by atoms with Gasteiger partial charge >= 0.3 is 5.69 Å². The molecule has 1 aromatic heterocycles. The molecule has 3 aromatic rings. The van der Waals surface area contributed by atoms with Crippen LogP contribution in [0.5, 0.6) is 0 Å². The molecule has 3 rings (SSSR count). The highest BCUT2D eigenvalue weighted by Crippen LogP contribution is 2.31. The maximum Gasteiger partial charge on any atom is 0.333 e. The van der Waals surface area contributed by atoms with Crippen molar-refractivity contribution in [3.63, 3.8) is 0 Å². The highest BCUT2D eigenvalue weighted by Gasteiger charge is 2.16. The first-order valence-corrected chi connectivity index (χ1v) is 9.01. The summed E-state index contributed by atoms with van der Waals surface area (Å²) in [5, 5.41) is 0.674. The molecule has 0 bridgehead atoms. The molecule has 0 aliphatic carbocycles. The van der Waals surface area contributed by atoms with E-state index in [-0.39, 0.29) is 5.56 Å². The Bertz CT molecular complexity index is 1000. The number of rotatable bonds is 4. The van der Waals surface area contributed by atoms with E-state index < -0.39 is 5.69 Å². The van der Waals surface area contributed by atoms with Gasteiger partial charge in [0.25, 0.3) is 5.56 Å². The molecule has 4 nitrogen and oxygen atoms in total. The van der Waals surface area contributed by atoms with E-state index in [9.17, 15) is 9.59 Å². The third-order valence-electron chi connectivity index (χ3n) is 3.94. The molecule has 0 spiro atoms. The number of benzene rings is 2. The average molecular weight is 352 g/mol. The molecule has 0 unspecified atom stereocenters. The Labute approximate surface area is 150 Å². The molecular weight excluding hydrogens is 332 g/mol. The molecule has 128 valence electrons. The van der Waals surface area contributed by atoms with Crippen LogP contribution in [-0.4, -0.2) is 9.55 Å². The van der Waals surface area contributed by atoms with Crippen molar-refractivity contribution in [2.75, 3.05) is 0 Å². The summed E-state index contributed by atoms with van der Waals surface area (Å²) in [6.45, 7) is 6.01. The molecule has 0 saturated carbocycles. The summed E-state index contributed by atoms with van der Waals surface area (Å²) in [6.07, 6.45) is 0.551. The largest absolute Gasteiger partial charge is 0.333 e. The van der Waals surface area contributed by atoms with Crippen molar-refractivity contribution < 1.29 is 0 Å². The van der Waals surface area contributed by atoms with E-state index in [0.29, 0.717) is 17.0 Å². The van der Waals surface area contributed by atoms with Gasteiger partial charge in [0.1, 0.15) is 0 Å². The van der Waals surface area contributed by atoms with Gasteiger partial charge in [0.15, 0.2) is 0 Å². The highest BCUT2D eigenvalue weighted by atomic mass is 32.2. The van der Waals surface area contributed by atoms with Crippen LogP contribution >= 0.6 is 11.8 Å². The van der Waals surface area contributed by atoms with Gasteiger partial charge in [0.05, 0.1) is 10.7 Å². The lowest BCUT2D eigenvalue weighted by Crippen LogP contribution is -2.32. The van der Waals surface area contributed by atoms with Crippen molar-refractivity contribution in [3.05, 3.63) is 86.1 Å². The summed E-state index contributed by atoms with van der Waals surface area (Å²) in [5.41, 5.74) is 2.93. The summed E-state index contributed by atoms with van der Waals surface area (Å²) in [6, 6.07) is 15.6. The topological polar surface area (TPSA) is 54.9 Å². The van der Waals surface area contributed by atoms with E-state index in [4.69, 9.17) is 0 Å². The van der Waals surface area contributed by atoms with Gasteiger partial charge < -0.3 is 0 Å². The Morgan fingerprint density at radius 2 is 1.64 bits per heavy atom. The van der Waals surface area contributed by atoms with Gasteiger partial charge in [-0.05, 0) is 55.7 Å². The van der Waals surface area contributed by atoms with Gasteiger partial charge in [-0.1, -0.05) is 43.0 Å². The average Bonchev–Trinajstić information content (AvgIpc) is 2.55. The Kier molecular flexibility index (Phi) is 4.95. The molecule has 0 saturated heterocycles. The quantitative estimate of drug-likeness (QED) is 0.726. The van der Waals surface area contributed by atoms with Crippen LogP contribution in [0.1, 0.15) is 23.6 Å². The van der Waals surface area contributed by atoms with Crippen LogP contribution < -0.4 is 11.2 Å². The second-order valence-corrected chi connectivity index (χ2v) is 7.06. The van der Waals surface area contributed by atoms with Crippen molar-refractivity contribution in [3.8, 4) is 5.69 Å². The van der Waals surface area contributed by atoms with Gasteiger partial charge in [-0.3, -0.25) is 14.3 Å². The van der Waals surface area contributed by atoms with Crippen LogP contribution in [0, 0.1) is 13.8 Å². The standard InChI is InChI=1S/C20H20N2O2S/c1-4-17-18(23)21-20(24)22(15-8-6-5-7-9-15)19(17)25-16-11-13(2)10-14(3)12-16/h5-12H,4H2,1-3H3,(H,21,23,24). The summed E-state index contributed by atoms with van der Waals surface area (Å²) >= 11 is 1.46. The third kappa shape index (κ3) is 3.61.